The maximum Gasteiger partial charge on any atom is 0.123 e. The summed E-state index contributed by atoms with van der Waals surface area (Å²) in [5.41, 5.74) is 1.67. The number of aromatic nitrogens is 2. The number of hydrogen-bond donors (Lipinski definition) is 2. The number of benzene rings is 1. The maximum atomic E-state index is 12.8. The first-order chi connectivity index (χ1) is 9.10. The van der Waals surface area contributed by atoms with E-state index in [9.17, 15) is 9.50 Å². The van der Waals surface area contributed by atoms with Crippen LogP contribution in [0, 0.1) is 5.82 Å². The minimum Gasteiger partial charge on any atom is -0.394 e. The van der Waals surface area contributed by atoms with E-state index in [1.54, 1.807) is 18.3 Å². The van der Waals surface area contributed by atoms with E-state index >= 15 is 0 Å². The van der Waals surface area contributed by atoms with Gasteiger partial charge >= 0.3 is 0 Å². The van der Waals surface area contributed by atoms with E-state index in [1.165, 1.54) is 12.1 Å². The van der Waals surface area contributed by atoms with Gasteiger partial charge in [-0.2, -0.15) is 5.10 Å². The van der Waals surface area contributed by atoms with E-state index in [-0.39, 0.29) is 24.5 Å². The molecule has 2 N–H and O–H groups in total. The molecule has 1 aromatic heterocycles. The van der Waals surface area contributed by atoms with E-state index in [1.807, 2.05) is 24.7 Å². The normalized spacial score (nSPS) is 12.7. The van der Waals surface area contributed by atoms with Crippen LogP contribution >= 0.6 is 0 Å². The first-order valence-electron chi connectivity index (χ1n) is 6.27. The molecule has 0 saturated carbocycles. The van der Waals surface area contributed by atoms with Crippen molar-refractivity contribution >= 4 is 5.69 Å². The molecule has 2 rings (SSSR count). The minimum absolute atomic E-state index is 0.0544. The summed E-state index contributed by atoms with van der Waals surface area (Å²) in [6.45, 7) is 4.03. The Bertz CT molecular complexity index is 522. The summed E-state index contributed by atoms with van der Waals surface area (Å²) < 4.78 is 14.7. The highest BCUT2D eigenvalue weighted by Crippen LogP contribution is 2.20. The first kappa shape index (κ1) is 13.5. The summed E-state index contributed by atoms with van der Waals surface area (Å²) in [5.74, 6) is -0.279. The van der Waals surface area contributed by atoms with Crippen molar-refractivity contribution in [3.63, 3.8) is 0 Å². The Morgan fingerprint density at radius 2 is 2.00 bits per heavy atom. The number of aliphatic hydroxyl groups excluding tert-OH is 1. The highest BCUT2D eigenvalue weighted by molar-refractivity contribution is 5.45. The second-order valence-electron chi connectivity index (χ2n) is 4.73. The number of rotatable bonds is 5. The zero-order chi connectivity index (χ0) is 13.8. The summed E-state index contributed by atoms with van der Waals surface area (Å²) >= 11 is 0. The third-order valence-electron chi connectivity index (χ3n) is 2.92. The Kier molecular flexibility index (Phi) is 4.16. The Morgan fingerprint density at radius 3 is 2.53 bits per heavy atom. The average Bonchev–Trinajstić information content (AvgIpc) is 2.88. The monoisotopic (exact) mass is 263 g/mol. The van der Waals surface area contributed by atoms with Crippen molar-refractivity contribution in [2.75, 3.05) is 11.9 Å². The van der Waals surface area contributed by atoms with Gasteiger partial charge in [0.05, 0.1) is 18.8 Å². The molecule has 0 aliphatic carbocycles. The van der Waals surface area contributed by atoms with Crippen molar-refractivity contribution in [2.24, 2.45) is 0 Å². The van der Waals surface area contributed by atoms with E-state index in [0.717, 1.165) is 11.3 Å². The molecule has 19 heavy (non-hydrogen) atoms. The number of nitrogens with one attached hydrogen (secondary N) is 1. The molecule has 1 heterocycles. The molecule has 0 aliphatic heterocycles. The molecule has 102 valence electrons. The topological polar surface area (TPSA) is 50.1 Å². The van der Waals surface area contributed by atoms with Crippen LogP contribution in [0.25, 0.3) is 0 Å². The minimum atomic E-state index is -0.279. The van der Waals surface area contributed by atoms with E-state index in [4.69, 9.17) is 0 Å². The Balaban J connectivity index is 2.12. The molecule has 1 aromatic carbocycles. The fourth-order valence-electron chi connectivity index (χ4n) is 1.80. The number of aliphatic hydroxyl groups is 1. The highest BCUT2D eigenvalue weighted by atomic mass is 19.1. The SMILES string of the molecule is CC(C)n1cc(C(CO)Nc2ccc(F)cc2)cn1. The van der Waals surface area contributed by atoms with Gasteiger partial charge in [-0.1, -0.05) is 0 Å². The molecule has 5 heteroatoms. The average molecular weight is 263 g/mol. The number of halogens is 1. The van der Waals surface area contributed by atoms with Crippen LogP contribution in [0.3, 0.4) is 0 Å². The summed E-state index contributed by atoms with van der Waals surface area (Å²) in [6.07, 6.45) is 3.64. The van der Waals surface area contributed by atoms with Gasteiger partial charge in [0.25, 0.3) is 0 Å². The van der Waals surface area contributed by atoms with Gasteiger partial charge in [-0.25, -0.2) is 4.39 Å². The predicted molar refractivity (Wildman–Crippen MR) is 72.5 cm³/mol. The Hall–Kier alpha value is -1.88. The lowest BCUT2D eigenvalue weighted by atomic mass is 10.1. The van der Waals surface area contributed by atoms with Crippen LogP contribution in [0.1, 0.15) is 31.5 Å². The number of hydrogen-bond acceptors (Lipinski definition) is 3. The lowest BCUT2D eigenvalue weighted by Crippen LogP contribution is -2.14. The molecule has 0 spiro atoms. The fraction of sp³-hybridized carbons (Fsp3) is 0.357. The number of anilines is 1. The predicted octanol–water partition coefficient (Wildman–Crippen LogP) is 2.75. The summed E-state index contributed by atoms with van der Waals surface area (Å²) in [6, 6.07) is 6.08. The smallest absolute Gasteiger partial charge is 0.123 e. The molecule has 1 unspecified atom stereocenters. The molecule has 1 atom stereocenters. The molecule has 0 aliphatic rings. The summed E-state index contributed by atoms with van der Waals surface area (Å²) in [5, 5.41) is 16.9. The van der Waals surface area contributed by atoms with Crippen LogP contribution in [0.15, 0.2) is 36.7 Å². The molecular formula is C14H18FN3O. The van der Waals surface area contributed by atoms with E-state index < -0.39 is 0 Å². The van der Waals surface area contributed by atoms with Crippen molar-refractivity contribution < 1.29 is 9.50 Å². The van der Waals surface area contributed by atoms with Crippen molar-refractivity contribution in [2.45, 2.75) is 25.9 Å². The van der Waals surface area contributed by atoms with Crippen LogP contribution in [-0.2, 0) is 0 Å². The third kappa shape index (κ3) is 3.32. The van der Waals surface area contributed by atoms with Crippen LogP contribution in [0.5, 0.6) is 0 Å². The molecule has 4 nitrogen and oxygen atoms in total. The number of nitrogens with zero attached hydrogens (tertiary/aromatic N) is 2. The zero-order valence-electron chi connectivity index (χ0n) is 11.0. The molecule has 0 saturated heterocycles. The highest BCUT2D eigenvalue weighted by Gasteiger charge is 2.13. The van der Waals surface area contributed by atoms with Crippen molar-refractivity contribution in [3.8, 4) is 0 Å². The second-order valence-corrected chi connectivity index (χ2v) is 4.73. The Morgan fingerprint density at radius 1 is 1.32 bits per heavy atom. The maximum absolute atomic E-state index is 12.8. The lowest BCUT2D eigenvalue weighted by molar-refractivity contribution is 0.276. The molecule has 0 amide bonds. The Labute approximate surface area is 111 Å². The van der Waals surface area contributed by atoms with Gasteiger partial charge in [0.2, 0.25) is 0 Å². The van der Waals surface area contributed by atoms with Gasteiger partial charge in [0.1, 0.15) is 5.82 Å². The third-order valence-corrected chi connectivity index (χ3v) is 2.92. The first-order valence-corrected chi connectivity index (χ1v) is 6.27. The van der Waals surface area contributed by atoms with Crippen LogP contribution in [0.2, 0.25) is 0 Å². The van der Waals surface area contributed by atoms with Gasteiger partial charge in [-0.15, -0.1) is 0 Å². The lowest BCUT2D eigenvalue weighted by Gasteiger charge is -2.16. The zero-order valence-corrected chi connectivity index (χ0v) is 11.0. The standard InChI is InChI=1S/C14H18FN3O/c1-10(2)18-8-11(7-16-18)14(9-19)17-13-5-3-12(15)4-6-13/h3-8,10,14,17,19H,9H2,1-2H3. The fourth-order valence-corrected chi connectivity index (χ4v) is 1.80. The van der Waals surface area contributed by atoms with Crippen molar-refractivity contribution in [1.82, 2.24) is 9.78 Å². The van der Waals surface area contributed by atoms with E-state index in [0.29, 0.717) is 0 Å². The van der Waals surface area contributed by atoms with Gasteiger partial charge < -0.3 is 10.4 Å². The molecule has 0 radical (unpaired) electrons. The largest absolute Gasteiger partial charge is 0.394 e. The van der Waals surface area contributed by atoms with Crippen LogP contribution in [0.4, 0.5) is 10.1 Å². The molecular weight excluding hydrogens is 245 g/mol. The summed E-state index contributed by atoms with van der Waals surface area (Å²) in [7, 11) is 0. The van der Waals surface area contributed by atoms with Gasteiger partial charge in [0.15, 0.2) is 0 Å². The van der Waals surface area contributed by atoms with Gasteiger partial charge in [-0.3, -0.25) is 4.68 Å². The van der Waals surface area contributed by atoms with Crippen molar-refractivity contribution in [1.29, 1.82) is 0 Å². The molecule has 2 aromatic rings. The summed E-state index contributed by atoms with van der Waals surface area (Å²) in [4.78, 5) is 0. The van der Waals surface area contributed by atoms with Gasteiger partial charge in [-0.05, 0) is 38.1 Å². The molecule has 0 fully saturated rings. The molecule has 0 bridgehead atoms. The van der Waals surface area contributed by atoms with Gasteiger partial charge in [0, 0.05) is 23.5 Å². The quantitative estimate of drug-likeness (QED) is 0.872. The second kappa shape index (κ2) is 5.84. The van der Waals surface area contributed by atoms with Crippen molar-refractivity contribution in [3.05, 3.63) is 48.0 Å². The van der Waals surface area contributed by atoms with Crippen LogP contribution in [-0.4, -0.2) is 21.5 Å². The van der Waals surface area contributed by atoms with Crippen LogP contribution < -0.4 is 5.32 Å². The van der Waals surface area contributed by atoms with E-state index in [2.05, 4.69) is 10.4 Å².